The van der Waals surface area contributed by atoms with E-state index in [1.165, 1.54) is 0 Å². The van der Waals surface area contributed by atoms with Crippen LogP contribution in [-0.2, 0) is 12.8 Å². The first-order valence-corrected chi connectivity index (χ1v) is 14.8. The van der Waals surface area contributed by atoms with E-state index in [1.807, 2.05) is 13.0 Å². The van der Waals surface area contributed by atoms with Gasteiger partial charge in [0.2, 0.25) is 5.88 Å². The maximum absolute atomic E-state index is 16.6. The van der Waals surface area contributed by atoms with Crippen molar-refractivity contribution in [3.63, 3.8) is 0 Å². The minimum atomic E-state index is -0.873. The summed E-state index contributed by atoms with van der Waals surface area (Å²) in [6.07, 6.45) is 3.69. The molecule has 3 aliphatic heterocycles. The van der Waals surface area contributed by atoms with Crippen LogP contribution in [0.3, 0.4) is 0 Å². The summed E-state index contributed by atoms with van der Waals surface area (Å²) in [5, 5.41) is 7.20. The summed E-state index contributed by atoms with van der Waals surface area (Å²) in [7, 11) is 0. The molecule has 7 rings (SSSR count). The maximum Gasteiger partial charge on any atom is 0.319 e. The Morgan fingerprint density at radius 2 is 2.07 bits per heavy atom. The maximum atomic E-state index is 16.6. The van der Waals surface area contributed by atoms with Crippen LogP contribution < -0.4 is 25.8 Å². The van der Waals surface area contributed by atoms with Gasteiger partial charge in [0.1, 0.15) is 35.2 Å². The number of hydrogen-bond acceptors (Lipinski definition) is 9. The van der Waals surface area contributed by atoms with E-state index in [4.69, 9.17) is 20.2 Å². The van der Waals surface area contributed by atoms with Gasteiger partial charge in [0.15, 0.2) is 5.82 Å². The molecule has 4 N–H and O–H groups in total. The van der Waals surface area contributed by atoms with Crippen LogP contribution in [0.1, 0.15) is 50.7 Å². The number of alkyl halides is 1. The number of nitrogens with one attached hydrogen (secondary N) is 2. The van der Waals surface area contributed by atoms with Gasteiger partial charge in [0, 0.05) is 43.3 Å². The van der Waals surface area contributed by atoms with Gasteiger partial charge in [0.25, 0.3) is 0 Å². The first-order valence-electron chi connectivity index (χ1n) is 14.8. The minimum Gasteiger partial charge on any atom is -0.474 e. The molecule has 2 aromatic heterocycles. The van der Waals surface area contributed by atoms with Crippen LogP contribution in [0.2, 0.25) is 0 Å². The predicted molar refractivity (Wildman–Crippen MR) is 154 cm³/mol. The summed E-state index contributed by atoms with van der Waals surface area (Å²) in [5.41, 5.74) is 9.47. The van der Waals surface area contributed by atoms with E-state index in [0.29, 0.717) is 48.5 Å². The van der Waals surface area contributed by atoms with Crippen molar-refractivity contribution in [1.82, 2.24) is 25.2 Å². The van der Waals surface area contributed by atoms with Crippen LogP contribution in [0.25, 0.3) is 22.2 Å². The van der Waals surface area contributed by atoms with Crippen LogP contribution in [0.5, 0.6) is 11.9 Å². The lowest BCUT2D eigenvalue weighted by atomic mass is 9.83. The van der Waals surface area contributed by atoms with Crippen molar-refractivity contribution >= 4 is 22.4 Å². The van der Waals surface area contributed by atoms with Gasteiger partial charge >= 0.3 is 6.01 Å². The van der Waals surface area contributed by atoms with Crippen LogP contribution >= 0.6 is 0 Å². The van der Waals surface area contributed by atoms with E-state index < -0.39 is 12.0 Å². The molecule has 1 aromatic carbocycles. The predicted octanol–water partition coefficient (Wildman–Crippen LogP) is 4.03. The number of nitrogens with two attached hydrogens (primary N) is 1. The summed E-state index contributed by atoms with van der Waals surface area (Å²) < 4.78 is 43.5. The van der Waals surface area contributed by atoms with Crippen molar-refractivity contribution in [2.24, 2.45) is 0 Å². The zero-order valence-electron chi connectivity index (χ0n) is 23.6. The Labute approximate surface area is 238 Å². The number of nitrogen functional groups attached to an aromatic ring is 1. The highest BCUT2D eigenvalue weighted by atomic mass is 19.1. The van der Waals surface area contributed by atoms with Gasteiger partial charge in [-0.1, -0.05) is 0 Å². The van der Waals surface area contributed by atoms with Crippen LogP contribution in [0, 0.1) is 5.82 Å². The number of aromatic nitrogens is 3. The number of aryl methyl sites for hydroxylation is 1. The topological polar surface area (TPSA) is 110 Å². The Balaban J connectivity index is 1.36. The number of benzene rings is 1. The third-order valence-corrected chi connectivity index (χ3v) is 9.14. The van der Waals surface area contributed by atoms with Crippen molar-refractivity contribution in [3.8, 4) is 23.1 Å². The SMILES string of the molecule is CC1C[C@H](C)Oc2nc(-c3cc(N)cc4c3CC4)c(F)c3nc(OCC45CCCN4C[C@H](F)C5)nc(c23)NCCN1. The zero-order valence-corrected chi connectivity index (χ0v) is 23.6. The third-order valence-electron chi connectivity index (χ3n) is 9.14. The number of rotatable bonds is 4. The average Bonchev–Trinajstić information content (AvgIpc) is 3.43. The number of anilines is 2. The molecule has 2 unspecified atom stereocenters. The normalized spacial score (nSPS) is 27.8. The van der Waals surface area contributed by atoms with E-state index in [0.717, 1.165) is 49.8 Å². The van der Waals surface area contributed by atoms with Crippen molar-refractivity contribution in [2.75, 3.05) is 43.8 Å². The highest BCUT2D eigenvalue weighted by Crippen LogP contribution is 2.43. The van der Waals surface area contributed by atoms with Gasteiger partial charge < -0.3 is 25.8 Å². The Hall–Kier alpha value is -3.31. The highest BCUT2D eigenvalue weighted by molar-refractivity contribution is 5.96. The van der Waals surface area contributed by atoms with Gasteiger partial charge in [-0.2, -0.15) is 9.97 Å². The number of ether oxygens (including phenoxy) is 2. The number of halogens is 2. The van der Waals surface area contributed by atoms with E-state index in [9.17, 15) is 4.39 Å². The standard InChI is InChI=1S/C30H37F2N7O2/c1-16-10-17(2)41-28-23-26(24(32)25(36-28)22-12-20(33)11-18-4-5-21(18)22)37-29(38-27(23)35-8-7-34-16)40-15-30-6-3-9-39(30)14-19(31)13-30/h11-12,16-17,19,34H,3-10,13-15,33H2,1-2H3,(H,35,37,38)/t16?,17-,19+,30?/m0/s1. The molecule has 11 heteroatoms. The summed E-state index contributed by atoms with van der Waals surface area (Å²) in [6, 6.07) is 3.98. The van der Waals surface area contributed by atoms with E-state index in [2.05, 4.69) is 32.4 Å². The molecule has 4 aliphatic rings. The fourth-order valence-corrected chi connectivity index (χ4v) is 7.11. The summed E-state index contributed by atoms with van der Waals surface area (Å²) in [6.45, 7) is 6.86. The van der Waals surface area contributed by atoms with Crippen molar-refractivity contribution < 1.29 is 18.3 Å². The molecule has 0 bridgehead atoms. The summed E-state index contributed by atoms with van der Waals surface area (Å²) in [5.74, 6) is 0.110. The molecule has 2 saturated heterocycles. The van der Waals surface area contributed by atoms with E-state index in [-0.39, 0.29) is 47.4 Å². The molecule has 4 atom stereocenters. The summed E-state index contributed by atoms with van der Waals surface area (Å²) in [4.78, 5) is 16.2. The lowest BCUT2D eigenvalue weighted by Crippen LogP contribution is -2.43. The largest absolute Gasteiger partial charge is 0.474 e. The first-order chi connectivity index (χ1) is 19.8. The number of pyridine rings is 1. The Morgan fingerprint density at radius 1 is 1.20 bits per heavy atom. The Morgan fingerprint density at radius 3 is 2.90 bits per heavy atom. The molecule has 5 heterocycles. The molecule has 0 radical (unpaired) electrons. The minimum absolute atomic E-state index is 0.0513. The first kappa shape index (κ1) is 26.6. The second kappa shape index (κ2) is 10.2. The van der Waals surface area contributed by atoms with Gasteiger partial charge in [-0.25, -0.2) is 13.8 Å². The molecule has 0 saturated carbocycles. The average molecular weight is 566 g/mol. The van der Waals surface area contributed by atoms with E-state index in [1.54, 1.807) is 6.07 Å². The zero-order chi connectivity index (χ0) is 28.3. The van der Waals surface area contributed by atoms with Crippen molar-refractivity contribution in [3.05, 3.63) is 29.1 Å². The lowest BCUT2D eigenvalue weighted by Gasteiger charge is -2.30. The van der Waals surface area contributed by atoms with Gasteiger partial charge in [-0.15, -0.1) is 0 Å². The lowest BCUT2D eigenvalue weighted by molar-refractivity contribution is 0.107. The molecule has 1 aliphatic carbocycles. The molecular formula is C30H37F2N7O2. The Kier molecular flexibility index (Phi) is 6.61. The second-order valence-electron chi connectivity index (χ2n) is 12.2. The van der Waals surface area contributed by atoms with Gasteiger partial charge in [-0.3, -0.25) is 4.90 Å². The molecule has 0 spiro atoms. The molecule has 41 heavy (non-hydrogen) atoms. The quantitative estimate of drug-likeness (QED) is 0.404. The van der Waals surface area contributed by atoms with E-state index >= 15 is 4.39 Å². The van der Waals surface area contributed by atoms with Crippen molar-refractivity contribution in [2.45, 2.75) is 76.2 Å². The molecular weight excluding hydrogens is 528 g/mol. The second-order valence-corrected chi connectivity index (χ2v) is 12.2. The number of fused-ring (bicyclic) bond motifs is 2. The molecule has 2 fully saturated rings. The smallest absolute Gasteiger partial charge is 0.319 e. The number of hydrogen-bond donors (Lipinski definition) is 3. The number of nitrogens with zero attached hydrogens (tertiary/aromatic N) is 4. The molecule has 3 aromatic rings. The van der Waals surface area contributed by atoms with Crippen LogP contribution in [0.15, 0.2) is 12.1 Å². The van der Waals surface area contributed by atoms with Gasteiger partial charge in [-0.05, 0) is 75.8 Å². The fraction of sp³-hybridized carbons (Fsp3) is 0.567. The Bertz CT molecular complexity index is 1500. The molecule has 9 nitrogen and oxygen atoms in total. The van der Waals surface area contributed by atoms with Crippen molar-refractivity contribution in [1.29, 1.82) is 0 Å². The highest BCUT2D eigenvalue weighted by Gasteiger charge is 2.49. The monoisotopic (exact) mass is 565 g/mol. The summed E-state index contributed by atoms with van der Waals surface area (Å²) >= 11 is 0. The van der Waals surface area contributed by atoms with Gasteiger partial charge in [0.05, 0.1) is 11.6 Å². The van der Waals surface area contributed by atoms with Crippen LogP contribution in [0.4, 0.5) is 20.3 Å². The molecule has 0 amide bonds. The molecule has 218 valence electrons. The third kappa shape index (κ3) is 4.72. The van der Waals surface area contributed by atoms with Crippen LogP contribution in [-0.4, -0.2) is 76.5 Å². The fourth-order valence-electron chi connectivity index (χ4n) is 7.11.